The maximum Gasteiger partial charge on any atom is 0.263 e. The molecule has 0 unspecified atom stereocenters. The second-order valence-electron chi connectivity index (χ2n) is 6.30. The Hall–Kier alpha value is -1.90. The second-order valence-corrected chi connectivity index (χ2v) is 9.72. The molecule has 0 saturated heterocycles. The Morgan fingerprint density at radius 3 is 2.71 bits per heavy atom. The smallest absolute Gasteiger partial charge is 0.263 e. The highest BCUT2D eigenvalue weighted by molar-refractivity contribution is 7.98. The van der Waals surface area contributed by atoms with Gasteiger partial charge in [-0.25, -0.2) is 8.42 Å². The Kier molecular flexibility index (Phi) is 6.74. The molecule has 0 spiro atoms. The van der Waals surface area contributed by atoms with Crippen LogP contribution in [0, 0.1) is 0 Å². The Labute approximate surface area is 174 Å². The summed E-state index contributed by atoms with van der Waals surface area (Å²) in [7, 11) is -3.51. The normalized spacial score (nSPS) is 16.2. The summed E-state index contributed by atoms with van der Waals surface area (Å²) in [6, 6.07) is 14.4. The van der Waals surface area contributed by atoms with Crippen LogP contribution < -0.4 is 14.4 Å². The molecule has 0 fully saturated rings. The van der Waals surface area contributed by atoms with Gasteiger partial charge in [-0.05, 0) is 23.8 Å². The third-order valence-corrected chi connectivity index (χ3v) is 6.71. The first-order valence-electron chi connectivity index (χ1n) is 8.68. The van der Waals surface area contributed by atoms with Crippen LogP contribution in [0.2, 0.25) is 5.02 Å². The zero-order chi connectivity index (χ0) is 20.1. The lowest BCUT2D eigenvalue weighted by Crippen LogP contribution is -2.50. The van der Waals surface area contributed by atoms with Crippen LogP contribution >= 0.6 is 23.4 Å². The molecule has 0 aromatic heterocycles. The van der Waals surface area contributed by atoms with Crippen molar-refractivity contribution in [2.75, 3.05) is 29.4 Å². The molecule has 1 aliphatic heterocycles. The largest absolute Gasteiger partial charge is 0.476 e. The number of benzene rings is 2. The fourth-order valence-corrected chi connectivity index (χ4v) is 4.87. The number of para-hydroxylation sites is 2. The van der Waals surface area contributed by atoms with Crippen molar-refractivity contribution >= 4 is 45.0 Å². The van der Waals surface area contributed by atoms with E-state index in [1.165, 1.54) is 4.31 Å². The summed E-state index contributed by atoms with van der Waals surface area (Å²) in [5.74, 6) is 1.51. The number of fused-ring (bicyclic) bond motifs is 1. The summed E-state index contributed by atoms with van der Waals surface area (Å²) in [6.07, 6.45) is 0.230. The first kappa shape index (κ1) is 20.8. The molecule has 0 radical (unpaired) electrons. The van der Waals surface area contributed by atoms with E-state index in [0.29, 0.717) is 23.7 Å². The summed E-state index contributed by atoms with van der Waals surface area (Å²) < 4.78 is 31.1. The van der Waals surface area contributed by atoms with Crippen LogP contribution in [0.5, 0.6) is 5.75 Å². The molecule has 2 aromatic carbocycles. The van der Waals surface area contributed by atoms with Crippen molar-refractivity contribution in [2.24, 2.45) is 0 Å². The lowest BCUT2D eigenvalue weighted by molar-refractivity contribution is -0.127. The second kappa shape index (κ2) is 9.07. The summed E-state index contributed by atoms with van der Waals surface area (Å²) in [4.78, 5) is 12.5. The van der Waals surface area contributed by atoms with Crippen LogP contribution in [0.1, 0.15) is 5.56 Å². The number of hydrogen-bond donors (Lipinski definition) is 1. The molecular formula is C19H21ClN2O4S2. The van der Waals surface area contributed by atoms with E-state index in [1.807, 2.05) is 24.3 Å². The molecule has 1 amide bonds. The van der Waals surface area contributed by atoms with Gasteiger partial charge in [-0.2, -0.15) is 11.8 Å². The fraction of sp³-hybridized carbons (Fsp3) is 0.316. The Morgan fingerprint density at radius 2 is 1.96 bits per heavy atom. The minimum atomic E-state index is -3.51. The average molecular weight is 441 g/mol. The molecule has 0 saturated carbocycles. The topological polar surface area (TPSA) is 75.7 Å². The number of nitrogens with zero attached hydrogens (tertiary/aromatic N) is 1. The number of carbonyl (C=O) groups excluding carboxylic acids is 1. The number of rotatable bonds is 7. The van der Waals surface area contributed by atoms with Crippen LogP contribution in [0.3, 0.4) is 0 Å². The molecule has 1 N–H and O–H groups in total. The quantitative estimate of drug-likeness (QED) is 0.670. The molecule has 9 heteroatoms. The molecule has 1 atom stereocenters. The van der Waals surface area contributed by atoms with Crippen LogP contribution in [0.15, 0.2) is 48.5 Å². The molecule has 28 heavy (non-hydrogen) atoms. The molecule has 0 aliphatic carbocycles. The van der Waals surface area contributed by atoms with E-state index in [-0.39, 0.29) is 12.5 Å². The Morgan fingerprint density at radius 1 is 1.25 bits per heavy atom. The monoisotopic (exact) mass is 440 g/mol. The third kappa shape index (κ3) is 5.12. The summed E-state index contributed by atoms with van der Waals surface area (Å²) in [5, 5.41) is 3.55. The van der Waals surface area contributed by atoms with Crippen LogP contribution in [-0.4, -0.2) is 45.5 Å². The van der Waals surface area contributed by atoms with E-state index in [0.717, 1.165) is 22.6 Å². The summed E-state index contributed by atoms with van der Waals surface area (Å²) in [6.45, 7) is 0.406. The Bertz CT molecular complexity index is 952. The minimum Gasteiger partial charge on any atom is -0.476 e. The van der Waals surface area contributed by atoms with E-state index < -0.39 is 16.1 Å². The van der Waals surface area contributed by atoms with Gasteiger partial charge in [0.05, 0.1) is 18.5 Å². The number of amides is 1. The van der Waals surface area contributed by atoms with Gasteiger partial charge in [-0.1, -0.05) is 41.9 Å². The molecule has 2 aromatic rings. The average Bonchev–Trinajstić information content (AvgIpc) is 2.67. The number of anilines is 1. The number of sulfonamides is 1. The molecule has 6 nitrogen and oxygen atoms in total. The van der Waals surface area contributed by atoms with Gasteiger partial charge < -0.3 is 10.1 Å². The maximum absolute atomic E-state index is 12.5. The first-order valence-corrected chi connectivity index (χ1v) is 12.1. The molecule has 0 bridgehead atoms. The predicted molar refractivity (Wildman–Crippen MR) is 114 cm³/mol. The van der Waals surface area contributed by atoms with Crippen molar-refractivity contribution in [3.8, 4) is 5.75 Å². The summed E-state index contributed by atoms with van der Waals surface area (Å²) in [5.41, 5.74) is 1.50. The first-order chi connectivity index (χ1) is 13.4. The minimum absolute atomic E-state index is 0.0472. The number of carbonyl (C=O) groups is 1. The number of nitrogens with one attached hydrogen (secondary N) is 1. The van der Waals surface area contributed by atoms with Crippen LogP contribution in [0.4, 0.5) is 5.69 Å². The molecule has 150 valence electrons. The van der Waals surface area contributed by atoms with Crippen molar-refractivity contribution in [2.45, 2.75) is 11.9 Å². The number of hydrogen-bond acceptors (Lipinski definition) is 5. The summed E-state index contributed by atoms with van der Waals surface area (Å²) >= 11 is 7.78. The Balaban J connectivity index is 1.53. The highest BCUT2D eigenvalue weighted by Gasteiger charge is 2.34. The van der Waals surface area contributed by atoms with Gasteiger partial charge in [-0.15, -0.1) is 0 Å². The zero-order valence-electron chi connectivity index (χ0n) is 15.3. The van der Waals surface area contributed by atoms with Crippen molar-refractivity contribution in [1.82, 2.24) is 5.32 Å². The van der Waals surface area contributed by atoms with Crippen molar-refractivity contribution in [3.05, 3.63) is 59.1 Å². The highest BCUT2D eigenvalue weighted by Crippen LogP contribution is 2.34. The van der Waals surface area contributed by atoms with E-state index in [9.17, 15) is 13.2 Å². The number of thioether (sulfide) groups is 1. The van der Waals surface area contributed by atoms with Gasteiger partial charge >= 0.3 is 0 Å². The molecule has 1 heterocycles. The van der Waals surface area contributed by atoms with Gasteiger partial charge in [0.15, 0.2) is 6.10 Å². The molecular weight excluding hydrogens is 420 g/mol. The van der Waals surface area contributed by atoms with Crippen LogP contribution in [0.25, 0.3) is 0 Å². The van der Waals surface area contributed by atoms with E-state index in [4.69, 9.17) is 16.3 Å². The van der Waals surface area contributed by atoms with Gasteiger partial charge in [0.25, 0.3) is 5.91 Å². The lowest BCUT2D eigenvalue weighted by Gasteiger charge is -2.33. The van der Waals surface area contributed by atoms with E-state index >= 15 is 0 Å². The number of halogens is 1. The van der Waals surface area contributed by atoms with Gasteiger partial charge in [0.2, 0.25) is 10.0 Å². The standard InChI is InChI=1S/C19H21ClN2O4S2/c1-28(24,25)22-12-18(26-17-9-5-4-8-16(17)22)19(23)21-10-11-27-13-14-6-2-3-7-15(14)20/h2-9,18H,10-13H2,1H3,(H,21,23)/t18-/m0/s1. The maximum atomic E-state index is 12.5. The third-order valence-electron chi connectivity index (χ3n) is 4.19. The molecule has 1 aliphatic rings. The predicted octanol–water partition coefficient (Wildman–Crippen LogP) is 2.92. The SMILES string of the molecule is CS(=O)(=O)N1C[C@@H](C(=O)NCCSCc2ccccc2Cl)Oc2ccccc21. The van der Waals surface area contributed by atoms with Crippen molar-refractivity contribution in [1.29, 1.82) is 0 Å². The van der Waals surface area contributed by atoms with Crippen LogP contribution in [-0.2, 0) is 20.6 Å². The van der Waals surface area contributed by atoms with E-state index in [1.54, 1.807) is 36.0 Å². The lowest BCUT2D eigenvalue weighted by atomic mass is 10.2. The zero-order valence-corrected chi connectivity index (χ0v) is 17.7. The highest BCUT2D eigenvalue weighted by atomic mass is 35.5. The van der Waals surface area contributed by atoms with Gasteiger partial charge in [0.1, 0.15) is 5.75 Å². The van der Waals surface area contributed by atoms with Gasteiger partial charge in [-0.3, -0.25) is 9.10 Å². The van der Waals surface area contributed by atoms with Gasteiger partial charge in [0, 0.05) is 23.1 Å². The van der Waals surface area contributed by atoms with Crippen molar-refractivity contribution < 1.29 is 17.9 Å². The van der Waals surface area contributed by atoms with E-state index in [2.05, 4.69) is 5.32 Å². The molecule has 3 rings (SSSR count). The van der Waals surface area contributed by atoms with Crippen molar-refractivity contribution in [3.63, 3.8) is 0 Å². The fourth-order valence-electron chi connectivity index (χ4n) is 2.81. The number of ether oxygens (including phenoxy) is 1.